The van der Waals surface area contributed by atoms with Crippen molar-refractivity contribution < 1.29 is 4.79 Å². The first-order valence-electron chi connectivity index (χ1n) is 6.68. The number of nitrogens with one attached hydrogen (secondary N) is 2. The molecule has 104 valence electrons. The second-order valence-electron chi connectivity index (χ2n) is 5.11. The van der Waals surface area contributed by atoms with Gasteiger partial charge in [0.05, 0.1) is 0 Å². The summed E-state index contributed by atoms with van der Waals surface area (Å²) in [6, 6.07) is 7.65. The molecule has 1 aliphatic heterocycles. The molecule has 1 aliphatic rings. The van der Waals surface area contributed by atoms with Gasteiger partial charge in [-0.3, -0.25) is 5.43 Å². The van der Waals surface area contributed by atoms with E-state index in [9.17, 15) is 4.79 Å². The van der Waals surface area contributed by atoms with E-state index in [0.29, 0.717) is 22.8 Å². The fourth-order valence-corrected chi connectivity index (χ4v) is 2.67. The largest absolute Gasteiger partial charge is 0.333 e. The van der Waals surface area contributed by atoms with Gasteiger partial charge in [0, 0.05) is 22.8 Å². The van der Waals surface area contributed by atoms with Gasteiger partial charge in [0.15, 0.2) is 0 Å². The summed E-state index contributed by atoms with van der Waals surface area (Å²) in [5.41, 5.74) is 3.62. The van der Waals surface area contributed by atoms with Crippen molar-refractivity contribution in [1.82, 2.24) is 10.4 Å². The van der Waals surface area contributed by atoms with Crippen molar-refractivity contribution in [2.24, 2.45) is 0 Å². The van der Waals surface area contributed by atoms with Gasteiger partial charge in [-0.15, -0.1) is 0 Å². The maximum Gasteiger partial charge on any atom is 0.333 e. The standard InChI is InChI=1S/C14H20ClN3O/c1-10-5-3-6-11(2)18(10)17-14(19)16-13-8-4-7-12(15)9-13/h4,7-11H,3,5-6H2,1-2H3,(H2,16,17,19)/t10-,11+. The van der Waals surface area contributed by atoms with Crippen molar-refractivity contribution in [2.45, 2.75) is 45.2 Å². The van der Waals surface area contributed by atoms with E-state index in [1.54, 1.807) is 12.1 Å². The maximum atomic E-state index is 12.0. The van der Waals surface area contributed by atoms with Gasteiger partial charge < -0.3 is 5.32 Å². The Hall–Kier alpha value is -1.26. The fourth-order valence-electron chi connectivity index (χ4n) is 2.48. The molecule has 0 aliphatic carbocycles. The molecule has 1 saturated heterocycles. The minimum atomic E-state index is -0.220. The van der Waals surface area contributed by atoms with E-state index >= 15 is 0 Å². The smallest absolute Gasteiger partial charge is 0.307 e. The van der Waals surface area contributed by atoms with Crippen LogP contribution < -0.4 is 10.7 Å². The first-order valence-corrected chi connectivity index (χ1v) is 7.05. The van der Waals surface area contributed by atoms with Crippen molar-refractivity contribution in [3.05, 3.63) is 29.3 Å². The van der Waals surface area contributed by atoms with Gasteiger partial charge in [-0.1, -0.05) is 24.1 Å². The Morgan fingerprint density at radius 3 is 2.63 bits per heavy atom. The summed E-state index contributed by atoms with van der Waals surface area (Å²) >= 11 is 5.88. The van der Waals surface area contributed by atoms with Crippen LogP contribution in [0, 0.1) is 0 Å². The second-order valence-corrected chi connectivity index (χ2v) is 5.55. The molecule has 2 N–H and O–H groups in total. The molecule has 0 unspecified atom stereocenters. The second kappa shape index (κ2) is 6.26. The van der Waals surface area contributed by atoms with E-state index in [1.165, 1.54) is 6.42 Å². The van der Waals surface area contributed by atoms with E-state index in [1.807, 2.05) is 17.1 Å². The van der Waals surface area contributed by atoms with Crippen molar-refractivity contribution >= 4 is 23.3 Å². The summed E-state index contributed by atoms with van der Waals surface area (Å²) in [5.74, 6) is 0. The Morgan fingerprint density at radius 2 is 2.00 bits per heavy atom. The third-order valence-corrected chi connectivity index (χ3v) is 3.74. The molecule has 0 bridgehead atoms. The van der Waals surface area contributed by atoms with E-state index in [4.69, 9.17) is 11.6 Å². The quantitative estimate of drug-likeness (QED) is 0.869. The first kappa shape index (κ1) is 14.2. The molecule has 1 aromatic carbocycles. The molecule has 0 aromatic heterocycles. The molecule has 1 aromatic rings. The zero-order chi connectivity index (χ0) is 13.8. The predicted octanol–water partition coefficient (Wildman–Crippen LogP) is 3.64. The van der Waals surface area contributed by atoms with Crippen molar-refractivity contribution in [2.75, 3.05) is 5.32 Å². The van der Waals surface area contributed by atoms with Crippen LogP contribution in [0.2, 0.25) is 5.02 Å². The lowest BCUT2D eigenvalue weighted by Gasteiger charge is -2.38. The van der Waals surface area contributed by atoms with Crippen molar-refractivity contribution in [3.63, 3.8) is 0 Å². The van der Waals surface area contributed by atoms with Gasteiger partial charge in [-0.25, -0.2) is 9.80 Å². The lowest BCUT2D eigenvalue weighted by Crippen LogP contribution is -2.55. The zero-order valence-electron chi connectivity index (χ0n) is 11.3. The highest BCUT2D eigenvalue weighted by Gasteiger charge is 2.25. The van der Waals surface area contributed by atoms with Crippen LogP contribution in [0.3, 0.4) is 0 Å². The van der Waals surface area contributed by atoms with Crippen LogP contribution >= 0.6 is 11.6 Å². The number of urea groups is 1. The van der Waals surface area contributed by atoms with E-state index in [2.05, 4.69) is 24.6 Å². The number of benzene rings is 1. The minimum Gasteiger partial charge on any atom is -0.307 e. The monoisotopic (exact) mass is 281 g/mol. The topological polar surface area (TPSA) is 44.4 Å². The summed E-state index contributed by atoms with van der Waals surface area (Å²) < 4.78 is 0. The summed E-state index contributed by atoms with van der Waals surface area (Å²) in [6.07, 6.45) is 3.44. The van der Waals surface area contributed by atoms with Crippen LogP contribution in [0.15, 0.2) is 24.3 Å². The Bertz CT molecular complexity index is 442. The lowest BCUT2D eigenvalue weighted by atomic mass is 10.00. The molecule has 5 heteroatoms. The number of hydrogen-bond acceptors (Lipinski definition) is 2. The Kier molecular flexibility index (Phi) is 4.66. The molecule has 0 saturated carbocycles. The Balaban J connectivity index is 1.93. The molecular weight excluding hydrogens is 262 g/mol. The molecule has 19 heavy (non-hydrogen) atoms. The van der Waals surface area contributed by atoms with Gasteiger partial charge >= 0.3 is 6.03 Å². The molecule has 2 amide bonds. The van der Waals surface area contributed by atoms with E-state index in [0.717, 1.165) is 12.8 Å². The average Bonchev–Trinajstić information content (AvgIpc) is 2.34. The number of hydrazine groups is 1. The fraction of sp³-hybridized carbons (Fsp3) is 0.500. The summed E-state index contributed by atoms with van der Waals surface area (Å²) in [5, 5.41) is 5.43. The van der Waals surface area contributed by atoms with Gasteiger partial charge in [0.25, 0.3) is 0 Å². The molecule has 2 rings (SSSR count). The molecule has 2 atom stereocenters. The summed E-state index contributed by atoms with van der Waals surface area (Å²) in [7, 11) is 0. The zero-order valence-corrected chi connectivity index (χ0v) is 12.1. The highest BCUT2D eigenvalue weighted by Crippen LogP contribution is 2.20. The Morgan fingerprint density at radius 1 is 1.32 bits per heavy atom. The number of amides is 2. The highest BCUT2D eigenvalue weighted by molar-refractivity contribution is 6.30. The minimum absolute atomic E-state index is 0.220. The van der Waals surface area contributed by atoms with Gasteiger partial charge in [-0.2, -0.15) is 0 Å². The highest BCUT2D eigenvalue weighted by atomic mass is 35.5. The number of carbonyl (C=O) groups excluding carboxylic acids is 1. The molecule has 0 spiro atoms. The van der Waals surface area contributed by atoms with Gasteiger partial charge in [-0.05, 0) is 44.9 Å². The number of halogens is 1. The lowest BCUT2D eigenvalue weighted by molar-refractivity contribution is 0.0625. The number of anilines is 1. The SMILES string of the molecule is C[C@@H]1CCC[C@H](C)N1NC(=O)Nc1cccc(Cl)c1. The van der Waals surface area contributed by atoms with E-state index < -0.39 is 0 Å². The third-order valence-electron chi connectivity index (χ3n) is 3.51. The molecule has 4 nitrogen and oxygen atoms in total. The van der Waals surface area contributed by atoms with Crippen LogP contribution in [-0.2, 0) is 0 Å². The average molecular weight is 282 g/mol. The number of nitrogens with zero attached hydrogens (tertiary/aromatic N) is 1. The number of carbonyl (C=O) groups is 1. The molecule has 0 radical (unpaired) electrons. The summed E-state index contributed by atoms with van der Waals surface area (Å²) in [4.78, 5) is 12.0. The number of rotatable bonds is 2. The molecular formula is C14H20ClN3O. The van der Waals surface area contributed by atoms with Gasteiger partial charge in [0.1, 0.15) is 0 Å². The van der Waals surface area contributed by atoms with Crippen LogP contribution in [0.4, 0.5) is 10.5 Å². The van der Waals surface area contributed by atoms with E-state index in [-0.39, 0.29) is 6.03 Å². The van der Waals surface area contributed by atoms with Crippen LogP contribution in [-0.4, -0.2) is 23.1 Å². The molecule has 1 fully saturated rings. The van der Waals surface area contributed by atoms with Crippen molar-refractivity contribution in [1.29, 1.82) is 0 Å². The van der Waals surface area contributed by atoms with Crippen molar-refractivity contribution in [3.8, 4) is 0 Å². The van der Waals surface area contributed by atoms with Gasteiger partial charge in [0.2, 0.25) is 0 Å². The van der Waals surface area contributed by atoms with Crippen LogP contribution in [0.25, 0.3) is 0 Å². The predicted molar refractivity (Wildman–Crippen MR) is 78.2 cm³/mol. The maximum absolute atomic E-state index is 12.0. The molecule has 1 heterocycles. The third kappa shape index (κ3) is 3.85. The number of hydrogen-bond donors (Lipinski definition) is 2. The normalized spacial score (nSPS) is 23.9. The summed E-state index contributed by atoms with van der Waals surface area (Å²) in [6.45, 7) is 4.27. The number of piperidine rings is 1. The Labute approximate surface area is 119 Å². The first-order chi connectivity index (χ1) is 9.06. The van der Waals surface area contributed by atoms with Crippen LogP contribution in [0.5, 0.6) is 0 Å². The van der Waals surface area contributed by atoms with Crippen LogP contribution in [0.1, 0.15) is 33.1 Å².